The lowest BCUT2D eigenvalue weighted by molar-refractivity contribution is -0.384. The van der Waals surface area contributed by atoms with Crippen LogP contribution < -0.4 is 10.6 Å². The number of nitrogens with one attached hydrogen (secondary N) is 2. The molecule has 0 aliphatic carbocycles. The summed E-state index contributed by atoms with van der Waals surface area (Å²) < 4.78 is 0. The van der Waals surface area contributed by atoms with Gasteiger partial charge in [-0.1, -0.05) is 13.8 Å². The van der Waals surface area contributed by atoms with Gasteiger partial charge in [-0.2, -0.15) is 5.26 Å². The SMILES string of the molecule is CC(C)C(C#N)NC(=O)Nc1ccc([N+](=O)[O-])cc1. The number of urea groups is 1. The number of nitro groups is 1. The molecule has 0 fully saturated rings. The van der Waals surface area contributed by atoms with Crippen LogP contribution in [0.3, 0.4) is 0 Å². The Morgan fingerprint density at radius 1 is 1.37 bits per heavy atom. The third-order valence-electron chi connectivity index (χ3n) is 2.43. The first-order valence-electron chi connectivity index (χ1n) is 5.65. The number of carbonyl (C=O) groups is 1. The smallest absolute Gasteiger partial charge is 0.320 e. The molecule has 100 valence electrons. The Balaban J connectivity index is 2.62. The second-order valence-corrected chi connectivity index (χ2v) is 4.25. The number of carbonyl (C=O) groups excluding carboxylic acids is 1. The fraction of sp³-hybridized carbons (Fsp3) is 0.333. The molecule has 0 heterocycles. The van der Waals surface area contributed by atoms with E-state index in [4.69, 9.17) is 5.26 Å². The molecule has 1 unspecified atom stereocenters. The molecule has 1 aromatic rings. The summed E-state index contributed by atoms with van der Waals surface area (Å²) >= 11 is 0. The summed E-state index contributed by atoms with van der Waals surface area (Å²) in [5.41, 5.74) is 0.367. The molecule has 0 radical (unpaired) electrons. The number of benzene rings is 1. The predicted molar refractivity (Wildman–Crippen MR) is 69.5 cm³/mol. The molecule has 2 N–H and O–H groups in total. The maximum atomic E-state index is 11.6. The van der Waals surface area contributed by atoms with Crippen LogP contribution in [0.5, 0.6) is 0 Å². The molecule has 1 aromatic carbocycles. The van der Waals surface area contributed by atoms with Crippen LogP contribution >= 0.6 is 0 Å². The number of nitro benzene ring substituents is 1. The van der Waals surface area contributed by atoms with Crippen molar-refractivity contribution in [2.45, 2.75) is 19.9 Å². The Labute approximate surface area is 110 Å². The summed E-state index contributed by atoms with van der Waals surface area (Å²) in [6.07, 6.45) is 0. The molecule has 1 rings (SSSR count). The van der Waals surface area contributed by atoms with E-state index in [0.717, 1.165) is 0 Å². The summed E-state index contributed by atoms with van der Waals surface area (Å²) in [6.45, 7) is 3.64. The lowest BCUT2D eigenvalue weighted by Crippen LogP contribution is -2.40. The Hall–Kier alpha value is -2.62. The van der Waals surface area contributed by atoms with Crippen molar-refractivity contribution >= 4 is 17.4 Å². The molecule has 0 saturated carbocycles. The molecule has 0 aliphatic rings. The van der Waals surface area contributed by atoms with E-state index in [-0.39, 0.29) is 11.6 Å². The zero-order valence-electron chi connectivity index (χ0n) is 10.6. The Bertz CT molecular complexity index is 505. The van der Waals surface area contributed by atoms with E-state index in [1.54, 1.807) is 0 Å². The van der Waals surface area contributed by atoms with Crippen molar-refractivity contribution in [3.8, 4) is 6.07 Å². The molecule has 1 atom stereocenters. The van der Waals surface area contributed by atoms with Gasteiger partial charge in [0.05, 0.1) is 11.0 Å². The number of nitrogens with zero attached hydrogens (tertiary/aromatic N) is 2. The highest BCUT2D eigenvalue weighted by Crippen LogP contribution is 2.15. The van der Waals surface area contributed by atoms with Gasteiger partial charge in [0, 0.05) is 17.8 Å². The minimum atomic E-state index is -0.585. The minimum absolute atomic E-state index is 0.00684. The predicted octanol–water partition coefficient (Wildman–Crippen LogP) is 2.26. The standard InChI is InChI=1S/C12H14N4O3/c1-8(2)11(7-13)15-12(17)14-9-3-5-10(6-4-9)16(18)19/h3-6,8,11H,1-2H3,(H2,14,15,17). The van der Waals surface area contributed by atoms with Crippen molar-refractivity contribution in [1.29, 1.82) is 5.26 Å². The van der Waals surface area contributed by atoms with Gasteiger partial charge < -0.3 is 10.6 Å². The van der Waals surface area contributed by atoms with E-state index in [0.29, 0.717) is 5.69 Å². The van der Waals surface area contributed by atoms with E-state index in [1.807, 2.05) is 19.9 Å². The number of hydrogen-bond donors (Lipinski definition) is 2. The van der Waals surface area contributed by atoms with Gasteiger partial charge in [0.2, 0.25) is 0 Å². The van der Waals surface area contributed by atoms with Gasteiger partial charge in [0.1, 0.15) is 6.04 Å². The largest absolute Gasteiger partial charge is 0.322 e. The monoisotopic (exact) mass is 262 g/mol. The minimum Gasteiger partial charge on any atom is -0.322 e. The normalized spacial score (nSPS) is 11.5. The first-order chi connectivity index (χ1) is 8.93. The number of rotatable bonds is 4. The molecule has 0 aliphatic heterocycles. The maximum absolute atomic E-state index is 11.6. The highest BCUT2D eigenvalue weighted by Gasteiger charge is 2.15. The molecule has 19 heavy (non-hydrogen) atoms. The number of non-ortho nitro benzene ring substituents is 1. The molecule has 0 saturated heterocycles. The second kappa shape index (κ2) is 6.35. The average molecular weight is 262 g/mol. The van der Waals surface area contributed by atoms with Gasteiger partial charge >= 0.3 is 6.03 Å². The van der Waals surface area contributed by atoms with Crippen molar-refractivity contribution in [3.63, 3.8) is 0 Å². The highest BCUT2D eigenvalue weighted by atomic mass is 16.6. The fourth-order valence-corrected chi connectivity index (χ4v) is 1.32. The van der Waals surface area contributed by atoms with Crippen molar-refractivity contribution in [3.05, 3.63) is 34.4 Å². The zero-order valence-corrected chi connectivity index (χ0v) is 10.6. The third kappa shape index (κ3) is 4.27. The average Bonchev–Trinajstić information content (AvgIpc) is 2.36. The molecule has 0 bridgehead atoms. The number of nitriles is 1. The Morgan fingerprint density at radius 2 is 1.95 bits per heavy atom. The fourth-order valence-electron chi connectivity index (χ4n) is 1.32. The van der Waals surface area contributed by atoms with Crippen LogP contribution in [0.2, 0.25) is 0 Å². The zero-order chi connectivity index (χ0) is 14.4. The topological polar surface area (TPSA) is 108 Å². The van der Waals surface area contributed by atoms with Crippen LogP contribution in [0.15, 0.2) is 24.3 Å². The third-order valence-corrected chi connectivity index (χ3v) is 2.43. The van der Waals surface area contributed by atoms with Crippen molar-refractivity contribution in [2.24, 2.45) is 5.92 Å². The molecule has 7 heteroatoms. The Morgan fingerprint density at radius 3 is 2.37 bits per heavy atom. The van der Waals surface area contributed by atoms with Crippen LogP contribution in [-0.4, -0.2) is 17.0 Å². The summed E-state index contributed by atoms with van der Waals surface area (Å²) in [4.78, 5) is 21.5. The van der Waals surface area contributed by atoms with E-state index in [2.05, 4.69) is 10.6 Å². The van der Waals surface area contributed by atoms with Crippen LogP contribution in [0.1, 0.15) is 13.8 Å². The van der Waals surface area contributed by atoms with E-state index < -0.39 is 17.0 Å². The second-order valence-electron chi connectivity index (χ2n) is 4.25. The lowest BCUT2D eigenvalue weighted by atomic mass is 10.1. The van der Waals surface area contributed by atoms with Crippen LogP contribution in [0, 0.1) is 27.4 Å². The van der Waals surface area contributed by atoms with Gasteiger partial charge in [0.15, 0.2) is 0 Å². The lowest BCUT2D eigenvalue weighted by Gasteiger charge is -2.15. The van der Waals surface area contributed by atoms with Gasteiger partial charge in [-0.05, 0) is 18.1 Å². The first kappa shape index (κ1) is 14.4. The van der Waals surface area contributed by atoms with E-state index in [1.165, 1.54) is 24.3 Å². The maximum Gasteiger partial charge on any atom is 0.320 e. The molecule has 2 amide bonds. The highest BCUT2D eigenvalue weighted by molar-refractivity contribution is 5.89. The van der Waals surface area contributed by atoms with Crippen LogP contribution in [0.25, 0.3) is 0 Å². The number of hydrogen-bond acceptors (Lipinski definition) is 4. The summed E-state index contributed by atoms with van der Waals surface area (Å²) in [6, 6.07) is 6.31. The van der Waals surface area contributed by atoms with Gasteiger partial charge in [0.25, 0.3) is 5.69 Å². The van der Waals surface area contributed by atoms with Gasteiger partial charge in [-0.25, -0.2) is 4.79 Å². The first-order valence-corrected chi connectivity index (χ1v) is 5.65. The Kier molecular flexibility index (Phi) is 4.83. The summed E-state index contributed by atoms with van der Waals surface area (Å²) in [5.74, 6) is -0.00684. The number of anilines is 1. The van der Waals surface area contributed by atoms with Crippen molar-refractivity contribution < 1.29 is 9.72 Å². The van der Waals surface area contributed by atoms with E-state index in [9.17, 15) is 14.9 Å². The van der Waals surface area contributed by atoms with Crippen molar-refractivity contribution in [1.82, 2.24) is 5.32 Å². The molecule has 0 aromatic heterocycles. The summed E-state index contributed by atoms with van der Waals surface area (Å²) in [7, 11) is 0. The van der Waals surface area contributed by atoms with Crippen LogP contribution in [0.4, 0.5) is 16.2 Å². The van der Waals surface area contributed by atoms with Gasteiger partial charge in [-0.3, -0.25) is 10.1 Å². The van der Waals surface area contributed by atoms with E-state index >= 15 is 0 Å². The molecule has 0 spiro atoms. The molecule has 7 nitrogen and oxygen atoms in total. The molecular formula is C12H14N4O3. The van der Waals surface area contributed by atoms with Crippen molar-refractivity contribution in [2.75, 3.05) is 5.32 Å². The van der Waals surface area contributed by atoms with Gasteiger partial charge in [-0.15, -0.1) is 0 Å². The molecular weight excluding hydrogens is 248 g/mol. The number of amides is 2. The van der Waals surface area contributed by atoms with Crippen LogP contribution in [-0.2, 0) is 0 Å². The summed E-state index contributed by atoms with van der Waals surface area (Å²) in [5, 5.41) is 24.3. The quantitative estimate of drug-likeness (QED) is 0.640.